The van der Waals surface area contributed by atoms with E-state index in [0.29, 0.717) is 47.3 Å². The molecule has 0 atom stereocenters. The minimum Gasteiger partial charge on any atom is -0.444 e. The van der Waals surface area contributed by atoms with Crippen molar-refractivity contribution >= 4 is 39.1 Å². The topological polar surface area (TPSA) is 73.7 Å². The number of ether oxygens (including phenoxy) is 2. The molecule has 1 fully saturated rings. The first-order chi connectivity index (χ1) is 15.6. The van der Waals surface area contributed by atoms with Gasteiger partial charge in [0.15, 0.2) is 0 Å². The van der Waals surface area contributed by atoms with Crippen LogP contribution in [0.1, 0.15) is 91.3 Å². The maximum Gasteiger partial charge on any atom is 0.419 e. The van der Waals surface area contributed by atoms with Gasteiger partial charge in [0.05, 0.1) is 16.7 Å². The predicted molar refractivity (Wildman–Crippen MR) is 133 cm³/mol. The van der Waals surface area contributed by atoms with Gasteiger partial charge in [0.1, 0.15) is 21.6 Å². The number of pyridine rings is 1. The van der Waals surface area contributed by atoms with Crippen molar-refractivity contribution in [1.82, 2.24) is 14.5 Å². The highest BCUT2D eigenvalue weighted by Gasteiger charge is 2.32. The van der Waals surface area contributed by atoms with Crippen molar-refractivity contribution < 1.29 is 23.5 Å². The van der Waals surface area contributed by atoms with E-state index in [-0.39, 0.29) is 17.9 Å². The van der Waals surface area contributed by atoms with Crippen LogP contribution in [0.2, 0.25) is 0 Å². The summed E-state index contributed by atoms with van der Waals surface area (Å²) in [6.45, 7) is 15.8. The number of hydrogen-bond acceptors (Lipinski definition) is 5. The molecule has 0 aromatic carbocycles. The number of amides is 1. The summed E-state index contributed by atoms with van der Waals surface area (Å²) in [6, 6.07) is 1.37. The Morgan fingerprint density at radius 2 is 1.59 bits per heavy atom. The lowest BCUT2D eigenvalue weighted by molar-refractivity contribution is 0.0203. The summed E-state index contributed by atoms with van der Waals surface area (Å²) in [5, 5.41) is 0. The van der Waals surface area contributed by atoms with Crippen LogP contribution in [0.25, 0.3) is 11.0 Å². The maximum atomic E-state index is 15.4. The molecule has 3 rings (SSSR count). The third kappa shape index (κ3) is 5.73. The SMILES string of the molecule is CC(C)c1c(Br)n(C(=O)OC(C)(C)C)c2cc(F)c(C3CCN(C(=O)OC(C)(C)C)CC3)nc12. The van der Waals surface area contributed by atoms with Crippen molar-refractivity contribution in [3.05, 3.63) is 27.7 Å². The zero-order valence-electron chi connectivity index (χ0n) is 21.3. The fourth-order valence-corrected chi connectivity index (χ4v) is 5.11. The van der Waals surface area contributed by atoms with E-state index in [4.69, 9.17) is 14.5 Å². The van der Waals surface area contributed by atoms with Crippen LogP contribution < -0.4 is 0 Å². The van der Waals surface area contributed by atoms with Gasteiger partial charge in [0.25, 0.3) is 0 Å². The van der Waals surface area contributed by atoms with Crippen molar-refractivity contribution in [3.8, 4) is 0 Å². The van der Waals surface area contributed by atoms with E-state index >= 15 is 4.39 Å². The van der Waals surface area contributed by atoms with Crippen LogP contribution in [0.3, 0.4) is 0 Å². The van der Waals surface area contributed by atoms with Gasteiger partial charge in [-0.1, -0.05) is 13.8 Å². The van der Waals surface area contributed by atoms with Crippen molar-refractivity contribution in [2.24, 2.45) is 0 Å². The molecule has 0 unspecified atom stereocenters. The Morgan fingerprint density at radius 1 is 1.06 bits per heavy atom. The highest BCUT2D eigenvalue weighted by atomic mass is 79.9. The molecule has 3 heterocycles. The molecule has 0 aliphatic carbocycles. The zero-order valence-corrected chi connectivity index (χ0v) is 22.9. The van der Waals surface area contributed by atoms with E-state index in [9.17, 15) is 9.59 Å². The summed E-state index contributed by atoms with van der Waals surface area (Å²) in [5.74, 6) is -0.555. The second-order valence-electron chi connectivity index (χ2n) is 11.1. The van der Waals surface area contributed by atoms with Gasteiger partial charge in [-0.2, -0.15) is 0 Å². The molecule has 34 heavy (non-hydrogen) atoms. The summed E-state index contributed by atoms with van der Waals surface area (Å²) in [5.41, 5.74) is 0.893. The molecule has 1 aliphatic heterocycles. The van der Waals surface area contributed by atoms with E-state index in [1.54, 1.807) is 25.7 Å². The second kappa shape index (κ2) is 9.47. The fraction of sp³-hybridized carbons (Fsp3) is 0.640. The van der Waals surface area contributed by atoms with Crippen LogP contribution >= 0.6 is 15.9 Å². The fourth-order valence-electron chi connectivity index (χ4n) is 4.13. The Labute approximate surface area is 209 Å². The molecule has 2 aromatic rings. The molecule has 0 bridgehead atoms. The van der Waals surface area contributed by atoms with E-state index in [0.717, 1.165) is 5.56 Å². The van der Waals surface area contributed by atoms with Gasteiger partial charge < -0.3 is 14.4 Å². The van der Waals surface area contributed by atoms with E-state index in [1.807, 2.05) is 34.6 Å². The number of nitrogens with zero attached hydrogens (tertiary/aromatic N) is 3. The zero-order chi connectivity index (χ0) is 25.6. The summed E-state index contributed by atoms with van der Waals surface area (Å²) in [7, 11) is 0. The Hall–Kier alpha value is -2.16. The Balaban J connectivity index is 1.94. The first-order valence-corrected chi connectivity index (χ1v) is 12.5. The maximum absolute atomic E-state index is 15.4. The molecule has 0 saturated carbocycles. The first kappa shape index (κ1) is 26.4. The lowest BCUT2D eigenvalue weighted by Gasteiger charge is -2.33. The number of piperidine rings is 1. The Morgan fingerprint density at radius 3 is 2.09 bits per heavy atom. The number of likely N-dealkylation sites (tertiary alicyclic amines) is 1. The van der Waals surface area contributed by atoms with Gasteiger partial charge in [-0.05, 0) is 76.2 Å². The smallest absolute Gasteiger partial charge is 0.419 e. The van der Waals surface area contributed by atoms with Gasteiger partial charge >= 0.3 is 12.2 Å². The minimum atomic E-state index is -0.695. The number of carbonyl (C=O) groups is 2. The molecule has 0 radical (unpaired) electrons. The number of hydrogen-bond donors (Lipinski definition) is 0. The van der Waals surface area contributed by atoms with E-state index < -0.39 is 23.1 Å². The van der Waals surface area contributed by atoms with Crippen molar-refractivity contribution in [1.29, 1.82) is 0 Å². The Bertz CT molecular complexity index is 1090. The van der Waals surface area contributed by atoms with Crippen LogP contribution in [-0.4, -0.2) is 50.9 Å². The van der Waals surface area contributed by atoms with Crippen LogP contribution in [0, 0.1) is 5.82 Å². The lowest BCUT2D eigenvalue weighted by Crippen LogP contribution is -2.41. The van der Waals surface area contributed by atoms with Crippen molar-refractivity contribution in [2.45, 2.75) is 91.3 Å². The molecular weight excluding hydrogens is 505 g/mol. The number of halogens is 2. The average Bonchev–Trinajstić information content (AvgIpc) is 2.95. The normalized spacial score (nSPS) is 15.8. The molecule has 9 heteroatoms. The Kier molecular flexibility index (Phi) is 7.37. The average molecular weight is 540 g/mol. The number of fused-ring (bicyclic) bond motifs is 1. The standard InChI is InChI=1S/C25H35BrFN3O4/c1-14(2)18-20-17(30(21(18)26)23(32)34-25(6,7)8)13-16(27)19(28-20)15-9-11-29(12-10-15)22(31)33-24(3,4)5/h13-15H,9-12H2,1-8H3. The molecule has 0 spiro atoms. The first-order valence-electron chi connectivity index (χ1n) is 11.7. The second-order valence-corrected chi connectivity index (χ2v) is 11.9. The van der Waals surface area contributed by atoms with Crippen molar-refractivity contribution in [3.63, 3.8) is 0 Å². The molecule has 1 saturated heterocycles. The molecular formula is C25H35BrFN3O4. The van der Waals surface area contributed by atoms with E-state index in [1.165, 1.54) is 10.6 Å². The van der Waals surface area contributed by atoms with Crippen LogP contribution in [-0.2, 0) is 9.47 Å². The number of rotatable bonds is 2. The third-order valence-corrected chi connectivity index (χ3v) is 6.37. The third-order valence-electron chi connectivity index (χ3n) is 5.58. The van der Waals surface area contributed by atoms with Crippen LogP contribution in [0.15, 0.2) is 10.7 Å². The molecule has 1 aliphatic rings. The molecule has 7 nitrogen and oxygen atoms in total. The highest BCUT2D eigenvalue weighted by molar-refractivity contribution is 9.10. The van der Waals surface area contributed by atoms with Gasteiger partial charge in [0.2, 0.25) is 0 Å². The predicted octanol–water partition coefficient (Wildman–Crippen LogP) is 6.96. The molecule has 2 aromatic heterocycles. The number of aromatic nitrogens is 2. The number of carbonyl (C=O) groups excluding carboxylic acids is 2. The van der Waals surface area contributed by atoms with Gasteiger partial charge in [-0.15, -0.1) is 0 Å². The molecule has 1 amide bonds. The minimum absolute atomic E-state index is 0.0420. The van der Waals surface area contributed by atoms with Gasteiger partial charge in [0, 0.05) is 30.6 Å². The highest BCUT2D eigenvalue weighted by Crippen LogP contribution is 2.38. The van der Waals surface area contributed by atoms with Gasteiger partial charge in [-0.3, -0.25) is 0 Å². The summed E-state index contributed by atoms with van der Waals surface area (Å²) < 4.78 is 28.2. The monoisotopic (exact) mass is 539 g/mol. The van der Waals surface area contributed by atoms with Gasteiger partial charge in [-0.25, -0.2) is 23.5 Å². The van der Waals surface area contributed by atoms with Crippen LogP contribution in [0.4, 0.5) is 14.0 Å². The van der Waals surface area contributed by atoms with Crippen molar-refractivity contribution in [2.75, 3.05) is 13.1 Å². The quantitative estimate of drug-likeness (QED) is 0.412. The largest absolute Gasteiger partial charge is 0.444 e. The molecule has 0 N–H and O–H groups in total. The van der Waals surface area contributed by atoms with E-state index in [2.05, 4.69) is 15.9 Å². The summed E-state index contributed by atoms with van der Waals surface area (Å²) >= 11 is 3.54. The summed E-state index contributed by atoms with van der Waals surface area (Å²) in [4.78, 5) is 31.7. The lowest BCUT2D eigenvalue weighted by atomic mass is 9.92. The molecule has 188 valence electrons. The van der Waals surface area contributed by atoms with Crippen LogP contribution in [0.5, 0.6) is 0 Å². The summed E-state index contributed by atoms with van der Waals surface area (Å²) in [6.07, 6.45) is 0.227.